The van der Waals surface area contributed by atoms with Crippen LogP contribution in [0.25, 0.3) is 0 Å². The van der Waals surface area contributed by atoms with Crippen molar-refractivity contribution in [1.82, 2.24) is 0 Å². The fourth-order valence-corrected chi connectivity index (χ4v) is 1.53. The molecule has 0 saturated heterocycles. The van der Waals surface area contributed by atoms with Crippen molar-refractivity contribution in [2.24, 2.45) is 0 Å². The summed E-state index contributed by atoms with van der Waals surface area (Å²) in [6.45, 7) is 0. The highest BCUT2D eigenvalue weighted by atomic mass is 79.9. The predicted molar refractivity (Wildman–Crippen MR) is 57.1 cm³/mol. The third-order valence-electron chi connectivity index (χ3n) is 1.84. The van der Waals surface area contributed by atoms with E-state index in [9.17, 15) is 31.1 Å². The quantitative estimate of drug-likeness (QED) is 0.582. The lowest BCUT2D eigenvalue weighted by Crippen LogP contribution is -2.41. The highest BCUT2D eigenvalue weighted by molar-refractivity contribution is 9.10. The minimum Gasteiger partial charge on any atom is -0.427 e. The van der Waals surface area contributed by atoms with Gasteiger partial charge in [0.25, 0.3) is 0 Å². The van der Waals surface area contributed by atoms with Crippen LogP contribution in [-0.2, 0) is 4.74 Å². The molecule has 10 heteroatoms. The summed E-state index contributed by atoms with van der Waals surface area (Å²) in [4.78, 5) is 10.4. The Morgan fingerprint density at radius 1 is 1.20 bits per heavy atom. The van der Waals surface area contributed by atoms with Gasteiger partial charge in [-0.05, 0) is 34.1 Å². The van der Waals surface area contributed by atoms with E-state index in [1.807, 2.05) is 0 Å². The molecular weight excluding hydrogens is 362 g/mol. The molecule has 20 heavy (non-hydrogen) atoms. The second kappa shape index (κ2) is 6.00. The number of rotatable bonds is 5. The number of alkyl halides is 6. The molecule has 0 aliphatic heterocycles. The molecule has 1 aromatic carbocycles. The van der Waals surface area contributed by atoms with Crippen molar-refractivity contribution in [3.63, 3.8) is 0 Å². The van der Waals surface area contributed by atoms with E-state index in [-0.39, 0.29) is 10.0 Å². The van der Waals surface area contributed by atoms with E-state index in [4.69, 9.17) is 0 Å². The Hall–Kier alpha value is -1.29. The predicted octanol–water partition coefficient (Wildman–Crippen LogP) is 4.07. The Kier molecular flexibility index (Phi) is 5.03. The molecule has 0 N–H and O–H groups in total. The summed E-state index contributed by atoms with van der Waals surface area (Å²) in [5.74, 6) is -0.658. The number of aldehydes is 1. The van der Waals surface area contributed by atoms with Crippen LogP contribution >= 0.6 is 15.9 Å². The molecule has 1 rings (SSSR count). The van der Waals surface area contributed by atoms with Crippen molar-refractivity contribution in [2.45, 2.75) is 18.8 Å². The highest BCUT2D eigenvalue weighted by Crippen LogP contribution is 2.35. The maximum Gasteiger partial charge on any atom is 0.525 e. The number of hydrogen-bond donors (Lipinski definition) is 0. The van der Waals surface area contributed by atoms with E-state index in [0.717, 1.165) is 18.2 Å². The maximum absolute atomic E-state index is 13.1. The molecule has 112 valence electrons. The molecule has 0 bridgehead atoms. The standard InChI is InChI=1S/C10H5BrF6O3/c11-6-3-5(4-18)1-2-7(6)19-9(13,14)8(12)20-10(15,16)17/h1-4,8H. The first-order valence-corrected chi connectivity index (χ1v) is 5.54. The second-order valence-corrected chi connectivity index (χ2v) is 4.21. The number of benzene rings is 1. The molecule has 0 fully saturated rings. The summed E-state index contributed by atoms with van der Waals surface area (Å²) < 4.78 is 80.1. The van der Waals surface area contributed by atoms with Crippen molar-refractivity contribution >= 4 is 22.2 Å². The van der Waals surface area contributed by atoms with E-state index in [0.29, 0.717) is 6.29 Å². The summed E-state index contributed by atoms with van der Waals surface area (Å²) in [6.07, 6.45) is -14.1. The third kappa shape index (κ3) is 4.67. The molecule has 0 heterocycles. The zero-order valence-electron chi connectivity index (χ0n) is 9.26. The van der Waals surface area contributed by atoms with Crippen LogP contribution < -0.4 is 4.74 Å². The van der Waals surface area contributed by atoms with Gasteiger partial charge in [-0.2, -0.15) is 8.78 Å². The average Bonchev–Trinajstić information content (AvgIpc) is 2.29. The summed E-state index contributed by atoms with van der Waals surface area (Å²) in [6, 6.07) is 2.99. The second-order valence-electron chi connectivity index (χ2n) is 3.35. The number of carbonyl (C=O) groups excluding carboxylic acids is 1. The van der Waals surface area contributed by atoms with Crippen molar-refractivity contribution in [2.75, 3.05) is 0 Å². The molecule has 1 aromatic rings. The molecule has 3 nitrogen and oxygen atoms in total. The molecule has 0 spiro atoms. The van der Waals surface area contributed by atoms with Gasteiger partial charge < -0.3 is 4.74 Å². The third-order valence-corrected chi connectivity index (χ3v) is 2.46. The van der Waals surface area contributed by atoms with Gasteiger partial charge in [0.05, 0.1) is 4.47 Å². The van der Waals surface area contributed by atoms with Crippen LogP contribution in [0.5, 0.6) is 5.75 Å². The largest absolute Gasteiger partial charge is 0.525 e. The summed E-state index contributed by atoms with van der Waals surface area (Å²) in [5, 5.41) is 0. The Morgan fingerprint density at radius 3 is 2.25 bits per heavy atom. The zero-order chi connectivity index (χ0) is 15.6. The van der Waals surface area contributed by atoms with Crippen LogP contribution in [0.3, 0.4) is 0 Å². The van der Waals surface area contributed by atoms with E-state index >= 15 is 0 Å². The molecule has 0 amide bonds. The van der Waals surface area contributed by atoms with Crippen LogP contribution in [-0.4, -0.2) is 25.1 Å². The van der Waals surface area contributed by atoms with Crippen molar-refractivity contribution < 1.29 is 40.6 Å². The molecule has 0 aliphatic carbocycles. The van der Waals surface area contributed by atoms with Gasteiger partial charge in [0.2, 0.25) is 0 Å². The number of ether oxygens (including phenoxy) is 2. The van der Waals surface area contributed by atoms with Gasteiger partial charge in [-0.25, -0.2) is 9.13 Å². The molecule has 0 aromatic heterocycles. The SMILES string of the molecule is O=Cc1ccc(OC(F)(F)C(F)OC(F)(F)F)c(Br)c1. The molecule has 1 unspecified atom stereocenters. The smallest absolute Gasteiger partial charge is 0.427 e. The lowest BCUT2D eigenvalue weighted by molar-refractivity contribution is -0.411. The Morgan fingerprint density at radius 2 is 1.80 bits per heavy atom. The Bertz CT molecular complexity index is 490. The van der Waals surface area contributed by atoms with Crippen LogP contribution in [0.1, 0.15) is 10.4 Å². The zero-order valence-corrected chi connectivity index (χ0v) is 10.8. The number of carbonyl (C=O) groups is 1. The monoisotopic (exact) mass is 366 g/mol. The van der Waals surface area contributed by atoms with Gasteiger partial charge in [0.15, 0.2) is 0 Å². The van der Waals surface area contributed by atoms with E-state index in [2.05, 4.69) is 25.4 Å². The minimum atomic E-state index is -5.58. The topological polar surface area (TPSA) is 35.5 Å². The van der Waals surface area contributed by atoms with E-state index in [1.165, 1.54) is 0 Å². The lowest BCUT2D eigenvalue weighted by Gasteiger charge is -2.22. The van der Waals surface area contributed by atoms with Gasteiger partial charge in [0, 0.05) is 5.56 Å². The van der Waals surface area contributed by atoms with E-state index in [1.54, 1.807) is 0 Å². The van der Waals surface area contributed by atoms with Crippen molar-refractivity contribution in [1.29, 1.82) is 0 Å². The highest BCUT2D eigenvalue weighted by Gasteiger charge is 2.50. The van der Waals surface area contributed by atoms with Gasteiger partial charge in [0.1, 0.15) is 12.0 Å². The number of hydrogen-bond acceptors (Lipinski definition) is 3. The van der Waals surface area contributed by atoms with Gasteiger partial charge >= 0.3 is 18.8 Å². The van der Waals surface area contributed by atoms with Crippen molar-refractivity contribution in [3.8, 4) is 5.75 Å². The van der Waals surface area contributed by atoms with Crippen LogP contribution in [0.15, 0.2) is 22.7 Å². The summed E-state index contributed by atoms with van der Waals surface area (Å²) in [5.41, 5.74) is 0.0934. The fourth-order valence-electron chi connectivity index (χ4n) is 1.05. The molecule has 0 aliphatic rings. The average molecular weight is 367 g/mol. The first kappa shape index (κ1) is 16.8. The molecule has 1 atom stereocenters. The maximum atomic E-state index is 13.1. The Balaban J connectivity index is 2.87. The molecular formula is C10H5BrF6O3. The first-order valence-electron chi connectivity index (χ1n) is 4.75. The van der Waals surface area contributed by atoms with Gasteiger partial charge in [-0.1, -0.05) is 0 Å². The van der Waals surface area contributed by atoms with Crippen LogP contribution in [0.2, 0.25) is 0 Å². The summed E-state index contributed by atoms with van der Waals surface area (Å²) >= 11 is 2.75. The molecule has 0 saturated carbocycles. The lowest BCUT2D eigenvalue weighted by atomic mass is 10.2. The van der Waals surface area contributed by atoms with Gasteiger partial charge in [-0.3, -0.25) is 4.79 Å². The van der Waals surface area contributed by atoms with Crippen LogP contribution in [0, 0.1) is 0 Å². The minimum absolute atomic E-state index is 0.0934. The fraction of sp³-hybridized carbons (Fsp3) is 0.300. The van der Waals surface area contributed by atoms with E-state index < -0.39 is 24.6 Å². The van der Waals surface area contributed by atoms with Crippen molar-refractivity contribution in [3.05, 3.63) is 28.2 Å². The molecule has 0 radical (unpaired) electrons. The summed E-state index contributed by atoms with van der Waals surface area (Å²) in [7, 11) is 0. The normalized spacial score (nSPS) is 13.9. The van der Waals surface area contributed by atoms with Gasteiger partial charge in [-0.15, -0.1) is 13.2 Å². The Labute approximate surface area is 116 Å². The first-order chi connectivity index (χ1) is 9.05. The van der Waals surface area contributed by atoms with Crippen LogP contribution in [0.4, 0.5) is 26.3 Å². The number of halogens is 7.